The quantitative estimate of drug-likeness (QED) is 0.309. The topological polar surface area (TPSA) is 57.4 Å². The average molecular weight is 515 g/mol. The average Bonchev–Trinajstić information content (AvgIpc) is 3.31. The lowest BCUT2D eigenvalue weighted by molar-refractivity contribution is 0.188. The fourth-order valence-corrected chi connectivity index (χ4v) is 4.84. The summed E-state index contributed by atoms with van der Waals surface area (Å²) in [4.78, 5) is 4.54. The fourth-order valence-electron chi connectivity index (χ4n) is 4.18. The van der Waals surface area contributed by atoms with Gasteiger partial charge in [-0.1, -0.05) is 82.4 Å². The van der Waals surface area contributed by atoms with E-state index < -0.39 is 0 Å². The highest BCUT2D eigenvalue weighted by atomic mass is 35.5. The van der Waals surface area contributed by atoms with Crippen LogP contribution in [0.4, 0.5) is 17.4 Å². The molecule has 9 heteroatoms. The van der Waals surface area contributed by atoms with Crippen molar-refractivity contribution in [1.29, 1.82) is 0 Å². The molecule has 1 saturated heterocycles. The molecule has 5 rings (SSSR count). The molecule has 0 bridgehead atoms. The Morgan fingerprint density at radius 1 is 0.765 bits per heavy atom. The van der Waals surface area contributed by atoms with Crippen LogP contribution in [0.3, 0.4) is 0 Å². The molecule has 2 heterocycles. The Balaban J connectivity index is 1.40. The molecule has 1 N–H and O–H groups in total. The van der Waals surface area contributed by atoms with Crippen molar-refractivity contribution in [3.63, 3.8) is 0 Å². The lowest BCUT2D eigenvalue weighted by Gasteiger charge is -2.39. The summed E-state index contributed by atoms with van der Waals surface area (Å²) >= 11 is 19.3. The maximum Gasteiger partial charge on any atom is 0.320 e. The number of nitrogens with zero attached hydrogens (tertiary/aromatic N) is 4. The monoisotopic (exact) mass is 513 g/mol. The van der Waals surface area contributed by atoms with Crippen LogP contribution in [0.2, 0.25) is 15.1 Å². The van der Waals surface area contributed by atoms with E-state index in [0.29, 0.717) is 27.0 Å². The second-order valence-corrected chi connectivity index (χ2v) is 9.15. The number of hydrogen-bond acceptors (Lipinski definition) is 6. The molecule has 1 atom stereocenters. The molecule has 1 aliphatic heterocycles. The fraction of sp³-hybridized carbons (Fsp3) is 0.200. The predicted molar refractivity (Wildman–Crippen MR) is 138 cm³/mol. The van der Waals surface area contributed by atoms with Gasteiger partial charge in [0, 0.05) is 36.9 Å². The highest BCUT2D eigenvalue weighted by Crippen LogP contribution is 2.36. The van der Waals surface area contributed by atoms with Crippen molar-refractivity contribution in [1.82, 2.24) is 15.1 Å². The first-order valence-corrected chi connectivity index (χ1v) is 12.1. The molecule has 174 valence electrons. The largest absolute Gasteiger partial charge is 0.406 e. The molecule has 34 heavy (non-hydrogen) atoms. The number of para-hydroxylation sites is 1. The van der Waals surface area contributed by atoms with Gasteiger partial charge in [-0.2, -0.15) is 0 Å². The minimum absolute atomic E-state index is 0.274. The Hall–Kier alpha value is -2.77. The van der Waals surface area contributed by atoms with Gasteiger partial charge in [-0.15, -0.1) is 5.10 Å². The first kappa shape index (κ1) is 23.0. The van der Waals surface area contributed by atoms with E-state index >= 15 is 0 Å². The predicted octanol–water partition coefficient (Wildman–Crippen LogP) is 6.69. The van der Waals surface area contributed by atoms with E-state index in [-0.39, 0.29) is 6.04 Å². The molecule has 6 nitrogen and oxygen atoms in total. The third-order valence-electron chi connectivity index (χ3n) is 5.85. The van der Waals surface area contributed by atoms with Gasteiger partial charge in [-0.05, 0) is 35.9 Å². The molecule has 0 spiro atoms. The molecular formula is C25H22Cl3N5O. The van der Waals surface area contributed by atoms with E-state index in [1.54, 1.807) is 6.07 Å². The van der Waals surface area contributed by atoms with E-state index in [2.05, 4.69) is 25.3 Å². The van der Waals surface area contributed by atoms with Crippen molar-refractivity contribution in [2.24, 2.45) is 0 Å². The highest BCUT2D eigenvalue weighted by Gasteiger charge is 2.32. The molecular weight excluding hydrogens is 493 g/mol. The van der Waals surface area contributed by atoms with Crippen molar-refractivity contribution >= 4 is 52.2 Å². The molecule has 0 amide bonds. The van der Waals surface area contributed by atoms with Crippen LogP contribution in [0.1, 0.15) is 17.5 Å². The number of piperazine rings is 1. The van der Waals surface area contributed by atoms with Gasteiger partial charge in [0.1, 0.15) is 6.04 Å². The first-order valence-electron chi connectivity index (χ1n) is 10.9. The second-order valence-electron chi connectivity index (χ2n) is 7.96. The van der Waals surface area contributed by atoms with Gasteiger partial charge in [-0.25, -0.2) is 0 Å². The van der Waals surface area contributed by atoms with Crippen molar-refractivity contribution in [3.8, 4) is 0 Å². The summed E-state index contributed by atoms with van der Waals surface area (Å²) in [5.41, 5.74) is 2.74. The summed E-state index contributed by atoms with van der Waals surface area (Å²) in [5.74, 6) is 0.487. The van der Waals surface area contributed by atoms with Crippen LogP contribution < -0.4 is 10.2 Å². The molecule has 4 aromatic rings. The Bertz CT molecular complexity index is 1260. The van der Waals surface area contributed by atoms with Gasteiger partial charge in [0.15, 0.2) is 0 Å². The van der Waals surface area contributed by atoms with Gasteiger partial charge in [0.2, 0.25) is 5.89 Å². The van der Waals surface area contributed by atoms with Crippen molar-refractivity contribution in [2.45, 2.75) is 6.04 Å². The van der Waals surface area contributed by atoms with Crippen molar-refractivity contribution in [2.75, 3.05) is 36.4 Å². The van der Waals surface area contributed by atoms with Gasteiger partial charge < -0.3 is 14.6 Å². The molecule has 0 saturated carbocycles. The number of benzene rings is 3. The van der Waals surface area contributed by atoms with E-state index in [1.807, 2.05) is 66.7 Å². The zero-order chi connectivity index (χ0) is 23.5. The molecule has 1 fully saturated rings. The van der Waals surface area contributed by atoms with E-state index in [0.717, 1.165) is 43.1 Å². The van der Waals surface area contributed by atoms with Crippen LogP contribution in [0.5, 0.6) is 0 Å². The summed E-state index contributed by atoms with van der Waals surface area (Å²) < 4.78 is 6.07. The van der Waals surface area contributed by atoms with Gasteiger partial charge in [0.25, 0.3) is 0 Å². The Kier molecular flexibility index (Phi) is 6.92. The lowest BCUT2D eigenvalue weighted by Crippen LogP contribution is -2.48. The van der Waals surface area contributed by atoms with Crippen LogP contribution >= 0.6 is 34.8 Å². The lowest BCUT2D eigenvalue weighted by atomic mass is 10.0. The van der Waals surface area contributed by atoms with E-state index in [4.69, 9.17) is 39.2 Å². The van der Waals surface area contributed by atoms with Crippen LogP contribution in [0, 0.1) is 0 Å². The number of hydrogen-bond donors (Lipinski definition) is 1. The standard InChI is InChI=1S/C25H22Cl3N5O/c26-19-10-5-4-9-18(19)23(24-30-31-25(34-24)29-17-7-2-1-3-8-17)33-15-13-32(14-16-33)21-12-6-11-20(27)22(21)28/h1-12,23H,13-16H2,(H,29,31). The SMILES string of the molecule is Clc1ccccc1C(c1nnc(Nc2ccccc2)o1)N1CCN(c2cccc(Cl)c2Cl)CC1. The second kappa shape index (κ2) is 10.2. The number of anilines is 3. The maximum absolute atomic E-state index is 6.61. The molecule has 0 aliphatic carbocycles. The maximum atomic E-state index is 6.61. The van der Waals surface area contributed by atoms with Crippen molar-refractivity contribution in [3.05, 3.63) is 99.3 Å². The number of aromatic nitrogens is 2. The van der Waals surface area contributed by atoms with Crippen LogP contribution in [-0.4, -0.2) is 41.3 Å². The molecule has 3 aromatic carbocycles. The Morgan fingerprint density at radius 2 is 1.47 bits per heavy atom. The summed E-state index contributed by atoms with van der Waals surface area (Å²) in [6.45, 7) is 3.04. The van der Waals surface area contributed by atoms with E-state index in [9.17, 15) is 0 Å². The zero-order valence-corrected chi connectivity index (χ0v) is 20.4. The Labute approximate surface area is 213 Å². The summed E-state index contributed by atoms with van der Waals surface area (Å²) in [6, 6.07) is 23.3. The third-order valence-corrected chi connectivity index (χ3v) is 7.00. The Morgan fingerprint density at radius 3 is 2.24 bits per heavy atom. The molecule has 1 aromatic heterocycles. The summed E-state index contributed by atoms with van der Waals surface area (Å²) in [6.07, 6.45) is 0. The van der Waals surface area contributed by atoms with Crippen molar-refractivity contribution < 1.29 is 4.42 Å². The normalized spacial score (nSPS) is 15.3. The summed E-state index contributed by atoms with van der Waals surface area (Å²) in [5, 5.41) is 13.6. The van der Waals surface area contributed by atoms with Crippen LogP contribution in [-0.2, 0) is 0 Å². The number of rotatable bonds is 6. The van der Waals surface area contributed by atoms with Crippen LogP contribution in [0.25, 0.3) is 0 Å². The van der Waals surface area contributed by atoms with Crippen LogP contribution in [0.15, 0.2) is 77.2 Å². The molecule has 0 radical (unpaired) electrons. The van der Waals surface area contributed by atoms with E-state index in [1.165, 1.54) is 0 Å². The zero-order valence-electron chi connectivity index (χ0n) is 18.2. The molecule has 1 unspecified atom stereocenters. The minimum Gasteiger partial charge on any atom is -0.406 e. The highest BCUT2D eigenvalue weighted by molar-refractivity contribution is 6.43. The van der Waals surface area contributed by atoms with Gasteiger partial charge >= 0.3 is 6.01 Å². The smallest absolute Gasteiger partial charge is 0.320 e. The van der Waals surface area contributed by atoms with Gasteiger partial charge in [-0.3, -0.25) is 4.90 Å². The minimum atomic E-state index is -0.274. The molecule has 1 aliphatic rings. The third kappa shape index (κ3) is 4.86. The number of nitrogens with one attached hydrogen (secondary N) is 1. The first-order chi connectivity index (χ1) is 16.6. The number of halogens is 3. The summed E-state index contributed by atoms with van der Waals surface area (Å²) in [7, 11) is 0. The van der Waals surface area contributed by atoms with Gasteiger partial charge in [0.05, 0.1) is 15.7 Å².